The van der Waals surface area contributed by atoms with Crippen molar-refractivity contribution in [2.45, 2.75) is 26.4 Å². The molecule has 0 bridgehead atoms. The average Bonchev–Trinajstić information content (AvgIpc) is 2.55. The summed E-state index contributed by atoms with van der Waals surface area (Å²) in [5.74, 6) is 0. The van der Waals surface area contributed by atoms with Gasteiger partial charge < -0.3 is 10.3 Å². The number of nitrogens with zero attached hydrogens (tertiary/aromatic N) is 1. The molecule has 4 nitrogen and oxygen atoms in total. The zero-order valence-corrected chi connectivity index (χ0v) is 8.86. The van der Waals surface area contributed by atoms with Crippen molar-refractivity contribution in [3.05, 3.63) is 34.2 Å². The van der Waals surface area contributed by atoms with Crippen molar-refractivity contribution in [3.63, 3.8) is 0 Å². The Labute approximate surface area is 87.2 Å². The first-order valence-electron chi connectivity index (χ1n) is 5.03. The maximum atomic E-state index is 11.5. The first-order chi connectivity index (χ1) is 7.13. The number of benzene rings is 1. The van der Waals surface area contributed by atoms with Gasteiger partial charge in [-0.05, 0) is 31.5 Å². The summed E-state index contributed by atoms with van der Waals surface area (Å²) in [6.07, 6.45) is 0. The van der Waals surface area contributed by atoms with Gasteiger partial charge in [-0.15, -0.1) is 0 Å². The lowest BCUT2D eigenvalue weighted by molar-refractivity contribution is 0.270. The predicted molar refractivity (Wildman–Crippen MR) is 58.8 cm³/mol. The van der Waals surface area contributed by atoms with E-state index >= 15 is 0 Å². The number of rotatable bonds is 2. The van der Waals surface area contributed by atoms with E-state index in [1.165, 1.54) is 0 Å². The maximum absolute atomic E-state index is 11.5. The van der Waals surface area contributed by atoms with E-state index in [9.17, 15) is 4.79 Å². The molecular formula is C11H14N2O2. The Balaban J connectivity index is 2.72. The van der Waals surface area contributed by atoms with Gasteiger partial charge in [0.2, 0.25) is 0 Å². The van der Waals surface area contributed by atoms with Crippen LogP contribution >= 0.6 is 0 Å². The summed E-state index contributed by atoms with van der Waals surface area (Å²) >= 11 is 0. The van der Waals surface area contributed by atoms with E-state index in [4.69, 9.17) is 10.3 Å². The monoisotopic (exact) mass is 206 g/mol. The smallest absolute Gasteiger partial charge is 0.335 e. The molecule has 0 fully saturated rings. The fraction of sp³-hybridized carbons (Fsp3) is 0.364. The molecule has 2 aromatic rings. The van der Waals surface area contributed by atoms with Crippen LogP contribution in [0.1, 0.15) is 25.5 Å². The van der Waals surface area contributed by atoms with Gasteiger partial charge in [0.1, 0.15) is 0 Å². The van der Waals surface area contributed by atoms with Crippen molar-refractivity contribution in [2.75, 3.05) is 0 Å². The summed E-state index contributed by atoms with van der Waals surface area (Å²) in [5.41, 5.74) is 7.23. The fourth-order valence-corrected chi connectivity index (χ4v) is 1.65. The van der Waals surface area contributed by atoms with Crippen molar-refractivity contribution in [1.29, 1.82) is 0 Å². The van der Waals surface area contributed by atoms with Gasteiger partial charge in [-0.1, -0.05) is 6.07 Å². The Bertz CT molecular complexity index is 537. The minimum absolute atomic E-state index is 0.0706. The van der Waals surface area contributed by atoms with Crippen LogP contribution in [0.15, 0.2) is 27.5 Å². The largest absolute Gasteiger partial charge is 0.365 e. The molecule has 0 spiro atoms. The molecule has 0 saturated heterocycles. The Morgan fingerprint density at radius 3 is 2.87 bits per heavy atom. The SMILES string of the molecule is CCn1oc(=O)c2cc(C(C)N)ccc21. The summed E-state index contributed by atoms with van der Waals surface area (Å²) in [6.45, 7) is 4.47. The number of nitrogens with two attached hydrogens (primary N) is 1. The second-order valence-corrected chi connectivity index (χ2v) is 3.64. The minimum Gasteiger partial charge on any atom is -0.335 e. The number of hydrogen-bond acceptors (Lipinski definition) is 3. The molecule has 15 heavy (non-hydrogen) atoms. The van der Waals surface area contributed by atoms with Crippen LogP contribution in [0.3, 0.4) is 0 Å². The Morgan fingerprint density at radius 1 is 1.53 bits per heavy atom. The molecule has 1 unspecified atom stereocenters. The normalized spacial score (nSPS) is 13.3. The lowest BCUT2D eigenvalue weighted by atomic mass is 10.1. The third kappa shape index (κ3) is 1.57. The van der Waals surface area contributed by atoms with E-state index in [0.29, 0.717) is 11.9 Å². The Hall–Kier alpha value is -1.55. The van der Waals surface area contributed by atoms with Gasteiger partial charge in [0.15, 0.2) is 0 Å². The number of aryl methyl sites for hydroxylation is 1. The predicted octanol–water partition coefficient (Wildman–Crippen LogP) is 1.63. The van der Waals surface area contributed by atoms with Crippen LogP contribution in [0, 0.1) is 0 Å². The van der Waals surface area contributed by atoms with Gasteiger partial charge in [0.25, 0.3) is 0 Å². The molecule has 0 aliphatic carbocycles. The molecule has 0 saturated carbocycles. The van der Waals surface area contributed by atoms with E-state index in [-0.39, 0.29) is 11.7 Å². The molecule has 0 aliphatic rings. The van der Waals surface area contributed by atoms with Gasteiger partial charge in [-0.3, -0.25) is 0 Å². The molecule has 1 atom stereocenters. The van der Waals surface area contributed by atoms with Crippen LogP contribution in [0.2, 0.25) is 0 Å². The molecule has 2 rings (SSSR count). The first kappa shape index (κ1) is 9.98. The van der Waals surface area contributed by atoms with E-state index in [1.807, 2.05) is 26.0 Å². The quantitative estimate of drug-likeness (QED) is 0.812. The number of hydrogen-bond donors (Lipinski definition) is 1. The molecular weight excluding hydrogens is 192 g/mol. The third-order valence-electron chi connectivity index (χ3n) is 2.52. The summed E-state index contributed by atoms with van der Waals surface area (Å²) in [5, 5.41) is 0.603. The average molecular weight is 206 g/mol. The summed E-state index contributed by atoms with van der Waals surface area (Å²) in [4.78, 5) is 11.5. The van der Waals surface area contributed by atoms with Gasteiger partial charge in [0, 0.05) is 6.04 Å². The first-order valence-corrected chi connectivity index (χ1v) is 5.03. The topological polar surface area (TPSA) is 61.2 Å². The zero-order chi connectivity index (χ0) is 11.0. The molecule has 1 aromatic carbocycles. The van der Waals surface area contributed by atoms with Crippen molar-refractivity contribution in [2.24, 2.45) is 5.73 Å². The van der Waals surface area contributed by atoms with Crippen LogP contribution in [0.4, 0.5) is 0 Å². The van der Waals surface area contributed by atoms with Crippen molar-refractivity contribution < 1.29 is 4.52 Å². The second kappa shape index (κ2) is 3.55. The summed E-state index contributed by atoms with van der Waals surface area (Å²) < 4.78 is 6.66. The molecule has 1 aromatic heterocycles. The van der Waals surface area contributed by atoms with Crippen LogP contribution < -0.4 is 11.4 Å². The summed E-state index contributed by atoms with van der Waals surface area (Å²) in [7, 11) is 0. The number of aromatic nitrogens is 1. The Kier molecular flexibility index (Phi) is 2.36. The van der Waals surface area contributed by atoms with E-state index in [1.54, 1.807) is 10.8 Å². The summed E-state index contributed by atoms with van der Waals surface area (Å²) in [6, 6.07) is 5.54. The van der Waals surface area contributed by atoms with E-state index in [0.717, 1.165) is 11.1 Å². The van der Waals surface area contributed by atoms with Crippen LogP contribution in [-0.2, 0) is 6.54 Å². The van der Waals surface area contributed by atoms with Crippen LogP contribution in [0.25, 0.3) is 10.9 Å². The highest BCUT2D eigenvalue weighted by Gasteiger charge is 2.09. The molecule has 0 aliphatic heterocycles. The van der Waals surface area contributed by atoms with Gasteiger partial charge in [-0.2, -0.15) is 0 Å². The highest BCUT2D eigenvalue weighted by Crippen LogP contribution is 2.17. The minimum atomic E-state index is -0.297. The fourth-order valence-electron chi connectivity index (χ4n) is 1.65. The lowest BCUT2D eigenvalue weighted by Gasteiger charge is -2.04. The molecule has 1 heterocycles. The number of fused-ring (bicyclic) bond motifs is 1. The standard InChI is InChI=1S/C11H14N2O2/c1-3-13-10-5-4-8(7(2)12)6-9(10)11(14)15-13/h4-7H,3,12H2,1-2H3. The van der Waals surface area contributed by atoms with Crippen molar-refractivity contribution in [3.8, 4) is 0 Å². The molecule has 4 heteroatoms. The van der Waals surface area contributed by atoms with Gasteiger partial charge >= 0.3 is 5.63 Å². The molecule has 2 N–H and O–H groups in total. The van der Waals surface area contributed by atoms with E-state index in [2.05, 4.69) is 0 Å². The third-order valence-corrected chi connectivity index (χ3v) is 2.52. The van der Waals surface area contributed by atoms with Crippen LogP contribution in [-0.4, -0.2) is 4.74 Å². The van der Waals surface area contributed by atoms with Crippen LogP contribution in [0.5, 0.6) is 0 Å². The lowest BCUT2D eigenvalue weighted by Crippen LogP contribution is -2.05. The van der Waals surface area contributed by atoms with Gasteiger partial charge in [0.05, 0.1) is 17.4 Å². The molecule has 80 valence electrons. The maximum Gasteiger partial charge on any atom is 0.365 e. The Morgan fingerprint density at radius 2 is 2.27 bits per heavy atom. The molecule has 0 radical (unpaired) electrons. The zero-order valence-electron chi connectivity index (χ0n) is 8.86. The molecule has 0 amide bonds. The van der Waals surface area contributed by atoms with Crippen molar-refractivity contribution >= 4 is 10.9 Å². The highest BCUT2D eigenvalue weighted by atomic mass is 16.5. The van der Waals surface area contributed by atoms with E-state index < -0.39 is 0 Å². The highest BCUT2D eigenvalue weighted by molar-refractivity contribution is 5.78. The second-order valence-electron chi connectivity index (χ2n) is 3.64. The van der Waals surface area contributed by atoms with Gasteiger partial charge in [-0.25, -0.2) is 9.53 Å². The van der Waals surface area contributed by atoms with Crippen molar-refractivity contribution in [1.82, 2.24) is 4.74 Å².